The van der Waals surface area contributed by atoms with Gasteiger partial charge in [-0.15, -0.1) is 0 Å². The van der Waals surface area contributed by atoms with E-state index in [1.807, 2.05) is 12.1 Å². The van der Waals surface area contributed by atoms with Crippen LogP contribution in [-0.4, -0.2) is 38.6 Å². The summed E-state index contributed by atoms with van der Waals surface area (Å²) in [6.07, 6.45) is 8.02. The molecule has 3 heterocycles. The van der Waals surface area contributed by atoms with Gasteiger partial charge in [0, 0.05) is 36.7 Å². The van der Waals surface area contributed by atoms with Gasteiger partial charge in [0.05, 0.1) is 0 Å². The first-order chi connectivity index (χ1) is 10.7. The van der Waals surface area contributed by atoms with E-state index in [0.29, 0.717) is 11.6 Å². The average molecular weight is 298 g/mol. The Labute approximate surface area is 128 Å². The van der Waals surface area contributed by atoms with Crippen LogP contribution in [0.15, 0.2) is 30.7 Å². The molecule has 2 aromatic rings. The highest BCUT2D eigenvalue weighted by molar-refractivity contribution is 5.93. The molecule has 1 saturated heterocycles. The van der Waals surface area contributed by atoms with Gasteiger partial charge in [0.25, 0.3) is 0 Å². The minimum Gasteiger partial charge on any atom is -0.477 e. The molecule has 1 fully saturated rings. The third kappa shape index (κ3) is 2.77. The van der Waals surface area contributed by atoms with Crippen LogP contribution in [0.25, 0.3) is 11.4 Å². The van der Waals surface area contributed by atoms with E-state index in [9.17, 15) is 9.90 Å². The van der Waals surface area contributed by atoms with Gasteiger partial charge >= 0.3 is 5.97 Å². The van der Waals surface area contributed by atoms with Crippen molar-refractivity contribution in [3.8, 4) is 11.4 Å². The lowest BCUT2D eigenvalue weighted by Gasteiger charge is -2.35. The number of piperidine rings is 1. The normalized spacial score (nSPS) is 18.2. The van der Waals surface area contributed by atoms with Crippen molar-refractivity contribution in [1.82, 2.24) is 15.0 Å². The summed E-state index contributed by atoms with van der Waals surface area (Å²) in [5, 5.41) is 9.43. The fourth-order valence-corrected chi connectivity index (χ4v) is 2.80. The van der Waals surface area contributed by atoms with E-state index >= 15 is 0 Å². The van der Waals surface area contributed by atoms with E-state index in [1.54, 1.807) is 12.4 Å². The molecule has 3 rings (SSSR count). The third-order valence-electron chi connectivity index (χ3n) is 4.01. The largest absolute Gasteiger partial charge is 0.477 e. The van der Waals surface area contributed by atoms with Gasteiger partial charge in [0.2, 0.25) is 0 Å². The summed E-state index contributed by atoms with van der Waals surface area (Å²) in [5.41, 5.74) is 0.990. The minimum atomic E-state index is -0.992. The van der Waals surface area contributed by atoms with Crippen molar-refractivity contribution < 1.29 is 9.90 Å². The van der Waals surface area contributed by atoms with Crippen molar-refractivity contribution in [2.24, 2.45) is 0 Å². The predicted octanol–water partition coefficient (Wildman–Crippen LogP) is 2.62. The molecule has 22 heavy (non-hydrogen) atoms. The molecule has 0 saturated carbocycles. The Balaban J connectivity index is 2.07. The zero-order valence-electron chi connectivity index (χ0n) is 12.4. The highest BCUT2D eigenvalue weighted by Gasteiger charge is 2.25. The van der Waals surface area contributed by atoms with Crippen LogP contribution < -0.4 is 4.90 Å². The second kappa shape index (κ2) is 6.09. The maximum atomic E-state index is 11.5. The van der Waals surface area contributed by atoms with Gasteiger partial charge in [0.15, 0.2) is 5.82 Å². The van der Waals surface area contributed by atoms with Crippen molar-refractivity contribution in [2.45, 2.75) is 32.2 Å². The van der Waals surface area contributed by atoms with Gasteiger partial charge in [-0.05, 0) is 38.3 Å². The number of nitrogens with zero attached hydrogens (tertiary/aromatic N) is 4. The second-order valence-electron chi connectivity index (χ2n) is 5.51. The van der Waals surface area contributed by atoms with Gasteiger partial charge in [-0.1, -0.05) is 0 Å². The summed E-state index contributed by atoms with van der Waals surface area (Å²) in [6.45, 7) is 2.94. The topological polar surface area (TPSA) is 79.2 Å². The lowest BCUT2D eigenvalue weighted by molar-refractivity contribution is 0.0696. The summed E-state index contributed by atoms with van der Waals surface area (Å²) >= 11 is 0. The van der Waals surface area contributed by atoms with E-state index in [4.69, 9.17) is 0 Å². The van der Waals surface area contributed by atoms with Gasteiger partial charge < -0.3 is 10.0 Å². The van der Waals surface area contributed by atoms with Crippen molar-refractivity contribution >= 4 is 11.8 Å². The van der Waals surface area contributed by atoms with Gasteiger partial charge in [0.1, 0.15) is 11.4 Å². The van der Waals surface area contributed by atoms with Crippen LogP contribution in [0, 0.1) is 0 Å². The van der Waals surface area contributed by atoms with Crippen LogP contribution in [0.1, 0.15) is 36.5 Å². The second-order valence-corrected chi connectivity index (χ2v) is 5.51. The molecular weight excluding hydrogens is 280 g/mol. The molecule has 0 aliphatic carbocycles. The Hall–Kier alpha value is -2.50. The van der Waals surface area contributed by atoms with E-state index in [1.165, 1.54) is 12.6 Å². The first-order valence-corrected chi connectivity index (χ1v) is 7.44. The molecule has 1 aliphatic rings. The Morgan fingerprint density at radius 1 is 1.32 bits per heavy atom. The SMILES string of the molecule is CC1CCCCN1c1nc(-c2ccncc2)ncc1C(=O)O. The number of rotatable bonds is 3. The molecule has 0 amide bonds. The summed E-state index contributed by atoms with van der Waals surface area (Å²) in [6, 6.07) is 3.92. The van der Waals surface area contributed by atoms with Crippen LogP contribution >= 0.6 is 0 Å². The van der Waals surface area contributed by atoms with Crippen LogP contribution in [0.5, 0.6) is 0 Å². The molecule has 1 aliphatic heterocycles. The quantitative estimate of drug-likeness (QED) is 0.938. The number of aromatic nitrogens is 3. The highest BCUT2D eigenvalue weighted by atomic mass is 16.4. The number of pyridine rings is 1. The molecule has 0 aromatic carbocycles. The Morgan fingerprint density at radius 2 is 2.09 bits per heavy atom. The Morgan fingerprint density at radius 3 is 2.77 bits per heavy atom. The molecule has 6 nitrogen and oxygen atoms in total. The molecule has 2 aromatic heterocycles. The van der Waals surface area contributed by atoms with Crippen molar-refractivity contribution in [3.63, 3.8) is 0 Å². The lowest BCUT2D eigenvalue weighted by atomic mass is 10.0. The van der Waals surface area contributed by atoms with Crippen LogP contribution in [0.2, 0.25) is 0 Å². The number of hydrogen-bond acceptors (Lipinski definition) is 5. The number of anilines is 1. The van der Waals surface area contributed by atoms with Crippen LogP contribution in [-0.2, 0) is 0 Å². The van der Waals surface area contributed by atoms with Gasteiger partial charge in [-0.2, -0.15) is 0 Å². The fourth-order valence-electron chi connectivity index (χ4n) is 2.80. The zero-order chi connectivity index (χ0) is 15.5. The van der Waals surface area contributed by atoms with Crippen molar-refractivity contribution in [3.05, 3.63) is 36.3 Å². The highest BCUT2D eigenvalue weighted by Crippen LogP contribution is 2.27. The number of aromatic carboxylic acids is 1. The number of carboxylic acid groups (broad SMARTS) is 1. The molecule has 0 bridgehead atoms. The van der Waals surface area contributed by atoms with Crippen LogP contribution in [0.4, 0.5) is 5.82 Å². The summed E-state index contributed by atoms with van der Waals surface area (Å²) in [5.74, 6) is 0.0516. The molecule has 0 spiro atoms. The minimum absolute atomic E-state index is 0.159. The number of hydrogen-bond donors (Lipinski definition) is 1. The lowest BCUT2D eigenvalue weighted by Crippen LogP contribution is -2.39. The Bertz CT molecular complexity index is 675. The molecule has 1 N–H and O–H groups in total. The number of carbonyl (C=O) groups is 1. The van der Waals surface area contributed by atoms with E-state index in [0.717, 1.165) is 24.9 Å². The maximum Gasteiger partial charge on any atom is 0.341 e. The molecule has 6 heteroatoms. The van der Waals surface area contributed by atoms with Gasteiger partial charge in [-0.3, -0.25) is 4.98 Å². The molecule has 114 valence electrons. The summed E-state index contributed by atoms with van der Waals surface area (Å²) in [7, 11) is 0. The molecule has 1 atom stereocenters. The predicted molar refractivity (Wildman–Crippen MR) is 82.9 cm³/mol. The summed E-state index contributed by atoms with van der Waals surface area (Å²) in [4.78, 5) is 26.3. The van der Waals surface area contributed by atoms with Crippen LogP contribution in [0.3, 0.4) is 0 Å². The van der Waals surface area contributed by atoms with E-state index < -0.39 is 5.97 Å². The van der Waals surface area contributed by atoms with Crippen molar-refractivity contribution in [1.29, 1.82) is 0 Å². The zero-order valence-corrected chi connectivity index (χ0v) is 12.4. The number of carboxylic acids is 1. The standard InChI is InChI=1S/C16H18N4O2/c1-11-4-2-3-9-20(11)15-13(16(21)22)10-18-14(19-15)12-5-7-17-8-6-12/h5-8,10-11H,2-4,9H2,1H3,(H,21,22). The van der Waals surface area contributed by atoms with E-state index in [2.05, 4.69) is 26.8 Å². The van der Waals surface area contributed by atoms with E-state index in [-0.39, 0.29) is 11.6 Å². The maximum absolute atomic E-state index is 11.5. The molecule has 1 unspecified atom stereocenters. The molecular formula is C16H18N4O2. The first-order valence-electron chi connectivity index (χ1n) is 7.44. The van der Waals surface area contributed by atoms with Gasteiger partial charge in [-0.25, -0.2) is 14.8 Å². The fraction of sp³-hybridized carbons (Fsp3) is 0.375. The monoisotopic (exact) mass is 298 g/mol. The molecule has 0 radical (unpaired) electrons. The Kier molecular flexibility index (Phi) is 4.00. The first kappa shape index (κ1) is 14.4. The average Bonchev–Trinajstić information content (AvgIpc) is 2.55. The summed E-state index contributed by atoms with van der Waals surface area (Å²) < 4.78 is 0. The van der Waals surface area contributed by atoms with Crippen molar-refractivity contribution in [2.75, 3.05) is 11.4 Å². The smallest absolute Gasteiger partial charge is 0.341 e. The third-order valence-corrected chi connectivity index (χ3v) is 4.01.